The Morgan fingerprint density at radius 2 is 1.58 bits per heavy atom. The molecule has 2 amide bonds. The summed E-state index contributed by atoms with van der Waals surface area (Å²) < 4.78 is 25.9. The third kappa shape index (κ3) is 7.40. The van der Waals surface area contributed by atoms with Gasteiger partial charge in [-0.25, -0.2) is 8.42 Å². The van der Waals surface area contributed by atoms with E-state index in [1.165, 1.54) is 4.90 Å². The summed E-state index contributed by atoms with van der Waals surface area (Å²) in [7, 11) is -3.70. The normalized spacial score (nSPS) is 12.1. The molecule has 0 saturated heterocycles. The van der Waals surface area contributed by atoms with Gasteiger partial charge in [-0.15, -0.1) is 0 Å². The van der Waals surface area contributed by atoms with E-state index >= 15 is 0 Å². The second-order valence-electron chi connectivity index (χ2n) is 7.43. The number of nitrogens with zero attached hydrogens (tertiary/aromatic N) is 2. The molecule has 2 aromatic rings. The molecule has 0 aliphatic heterocycles. The van der Waals surface area contributed by atoms with Gasteiger partial charge in [0.2, 0.25) is 21.8 Å². The highest BCUT2D eigenvalue weighted by Crippen LogP contribution is 2.18. The van der Waals surface area contributed by atoms with E-state index in [0.29, 0.717) is 12.2 Å². The fourth-order valence-corrected chi connectivity index (χ4v) is 3.96. The van der Waals surface area contributed by atoms with Gasteiger partial charge < -0.3 is 10.2 Å². The molecule has 0 spiro atoms. The van der Waals surface area contributed by atoms with Crippen LogP contribution in [0.2, 0.25) is 0 Å². The van der Waals surface area contributed by atoms with E-state index in [1.807, 2.05) is 37.3 Å². The number of unbranched alkanes of at least 4 members (excludes halogenated alkanes) is 1. The Balaban J connectivity index is 2.28. The van der Waals surface area contributed by atoms with Gasteiger partial charge in [0.25, 0.3) is 0 Å². The number of anilines is 1. The average Bonchev–Trinajstić information content (AvgIpc) is 2.75. The van der Waals surface area contributed by atoms with Crippen molar-refractivity contribution in [3.63, 3.8) is 0 Å². The lowest BCUT2D eigenvalue weighted by Crippen LogP contribution is -2.51. The van der Waals surface area contributed by atoms with Crippen molar-refractivity contribution in [1.29, 1.82) is 0 Å². The number of nitrogens with one attached hydrogen (secondary N) is 1. The largest absolute Gasteiger partial charge is 0.354 e. The maximum Gasteiger partial charge on any atom is 0.244 e. The van der Waals surface area contributed by atoms with E-state index in [9.17, 15) is 18.0 Å². The second kappa shape index (κ2) is 11.5. The van der Waals surface area contributed by atoms with Crippen molar-refractivity contribution in [2.45, 2.75) is 39.3 Å². The summed E-state index contributed by atoms with van der Waals surface area (Å²) >= 11 is 0. The maximum absolute atomic E-state index is 13.3. The molecule has 0 radical (unpaired) electrons. The fourth-order valence-electron chi connectivity index (χ4n) is 3.11. The lowest BCUT2D eigenvalue weighted by molar-refractivity contribution is -0.139. The molecule has 7 nitrogen and oxygen atoms in total. The summed E-state index contributed by atoms with van der Waals surface area (Å²) in [6.07, 6.45) is 2.86. The third-order valence-corrected chi connectivity index (χ3v) is 6.06. The van der Waals surface area contributed by atoms with Gasteiger partial charge in [0, 0.05) is 13.1 Å². The first-order valence-electron chi connectivity index (χ1n) is 10.4. The first-order valence-corrected chi connectivity index (χ1v) is 12.2. The Kier molecular flexibility index (Phi) is 9.05. The lowest BCUT2D eigenvalue weighted by atomic mass is 10.1. The van der Waals surface area contributed by atoms with Crippen molar-refractivity contribution in [2.75, 3.05) is 23.7 Å². The van der Waals surface area contributed by atoms with Crippen LogP contribution in [-0.4, -0.2) is 50.5 Å². The monoisotopic (exact) mass is 445 g/mol. The molecule has 0 aromatic heterocycles. The van der Waals surface area contributed by atoms with Crippen molar-refractivity contribution >= 4 is 27.5 Å². The molecule has 0 unspecified atom stereocenters. The second-order valence-corrected chi connectivity index (χ2v) is 9.34. The summed E-state index contributed by atoms with van der Waals surface area (Å²) in [5, 5.41) is 2.86. The van der Waals surface area contributed by atoms with Crippen LogP contribution in [0.5, 0.6) is 0 Å². The minimum atomic E-state index is -3.70. The Labute approximate surface area is 185 Å². The van der Waals surface area contributed by atoms with Crippen molar-refractivity contribution < 1.29 is 18.0 Å². The van der Waals surface area contributed by atoms with Gasteiger partial charge in [0.15, 0.2) is 0 Å². The van der Waals surface area contributed by atoms with Gasteiger partial charge in [-0.3, -0.25) is 13.9 Å². The van der Waals surface area contributed by atoms with E-state index in [2.05, 4.69) is 5.32 Å². The molecule has 0 heterocycles. The van der Waals surface area contributed by atoms with E-state index < -0.39 is 22.0 Å². The predicted octanol–water partition coefficient (Wildman–Crippen LogP) is 2.79. The predicted molar refractivity (Wildman–Crippen MR) is 123 cm³/mol. The van der Waals surface area contributed by atoms with Crippen LogP contribution in [0.3, 0.4) is 0 Å². The van der Waals surface area contributed by atoms with Crippen molar-refractivity contribution in [3.05, 3.63) is 66.2 Å². The van der Waals surface area contributed by atoms with Gasteiger partial charge >= 0.3 is 0 Å². The standard InChI is InChI=1S/C23H31N3O4S/c1-4-5-16-24-23(28)19(2)25(17-20-12-8-6-9-13-20)22(27)18-26(31(3,29)30)21-14-10-7-11-15-21/h6-15,19H,4-5,16-18H2,1-3H3,(H,24,28)/t19-/m1/s1. The maximum atomic E-state index is 13.3. The third-order valence-electron chi connectivity index (χ3n) is 4.92. The van der Waals surface area contributed by atoms with E-state index in [1.54, 1.807) is 37.3 Å². The number of rotatable bonds is 11. The molecule has 1 N–H and O–H groups in total. The summed E-state index contributed by atoms with van der Waals surface area (Å²) in [6.45, 7) is 4.04. The van der Waals surface area contributed by atoms with Crippen LogP contribution >= 0.6 is 0 Å². The van der Waals surface area contributed by atoms with Gasteiger partial charge in [-0.05, 0) is 31.0 Å². The summed E-state index contributed by atoms with van der Waals surface area (Å²) in [6, 6.07) is 17.0. The highest BCUT2D eigenvalue weighted by atomic mass is 32.2. The molecule has 0 aliphatic rings. The molecule has 2 aromatic carbocycles. The zero-order chi connectivity index (χ0) is 22.9. The highest BCUT2D eigenvalue weighted by molar-refractivity contribution is 7.92. The minimum absolute atomic E-state index is 0.203. The highest BCUT2D eigenvalue weighted by Gasteiger charge is 2.29. The number of amides is 2. The molecule has 0 fully saturated rings. The van der Waals surface area contributed by atoms with Crippen molar-refractivity contribution in [3.8, 4) is 0 Å². The summed E-state index contributed by atoms with van der Waals surface area (Å²) in [4.78, 5) is 27.4. The average molecular weight is 446 g/mol. The molecule has 0 bridgehead atoms. The molecule has 0 aliphatic carbocycles. The zero-order valence-corrected chi connectivity index (χ0v) is 19.1. The molecule has 168 valence electrons. The molecule has 0 saturated carbocycles. The molecular formula is C23H31N3O4S. The van der Waals surface area contributed by atoms with Crippen LogP contribution in [0, 0.1) is 0 Å². The van der Waals surface area contributed by atoms with Gasteiger partial charge in [-0.2, -0.15) is 0 Å². The number of hydrogen-bond donors (Lipinski definition) is 1. The van der Waals surface area contributed by atoms with Gasteiger partial charge in [-0.1, -0.05) is 61.9 Å². The Morgan fingerprint density at radius 1 is 1.00 bits per heavy atom. The van der Waals surface area contributed by atoms with E-state index in [0.717, 1.165) is 29.0 Å². The van der Waals surface area contributed by atoms with E-state index in [4.69, 9.17) is 0 Å². The smallest absolute Gasteiger partial charge is 0.244 e. The number of hydrogen-bond acceptors (Lipinski definition) is 4. The number of benzene rings is 2. The molecule has 8 heteroatoms. The molecule has 2 rings (SSSR count). The van der Waals surface area contributed by atoms with Crippen LogP contribution in [0.25, 0.3) is 0 Å². The van der Waals surface area contributed by atoms with Crippen LogP contribution in [-0.2, 0) is 26.2 Å². The van der Waals surface area contributed by atoms with Crippen molar-refractivity contribution in [2.24, 2.45) is 0 Å². The van der Waals surface area contributed by atoms with Gasteiger partial charge in [0.05, 0.1) is 11.9 Å². The first-order chi connectivity index (χ1) is 14.7. The Morgan fingerprint density at radius 3 is 2.13 bits per heavy atom. The van der Waals surface area contributed by atoms with E-state index in [-0.39, 0.29) is 19.0 Å². The number of para-hydroxylation sites is 1. The van der Waals surface area contributed by atoms with Crippen LogP contribution < -0.4 is 9.62 Å². The fraction of sp³-hybridized carbons (Fsp3) is 0.391. The minimum Gasteiger partial charge on any atom is -0.354 e. The summed E-state index contributed by atoms with van der Waals surface area (Å²) in [5.74, 6) is -0.709. The summed E-state index contributed by atoms with van der Waals surface area (Å²) in [5.41, 5.74) is 1.26. The quantitative estimate of drug-likeness (QED) is 0.539. The van der Waals surface area contributed by atoms with Gasteiger partial charge in [0.1, 0.15) is 12.6 Å². The van der Waals surface area contributed by atoms with Crippen LogP contribution in [0.4, 0.5) is 5.69 Å². The zero-order valence-electron chi connectivity index (χ0n) is 18.3. The van der Waals surface area contributed by atoms with Crippen LogP contribution in [0.1, 0.15) is 32.3 Å². The SMILES string of the molecule is CCCCNC(=O)[C@@H](C)N(Cc1ccccc1)C(=O)CN(c1ccccc1)S(C)(=O)=O. The Bertz CT molecular complexity index is 949. The number of carbonyl (C=O) groups is 2. The van der Waals surface area contributed by atoms with Crippen LogP contribution in [0.15, 0.2) is 60.7 Å². The molecule has 31 heavy (non-hydrogen) atoms. The number of sulfonamides is 1. The Hall–Kier alpha value is -2.87. The topological polar surface area (TPSA) is 86.8 Å². The molecule has 1 atom stereocenters. The van der Waals surface area contributed by atoms with Crippen molar-refractivity contribution in [1.82, 2.24) is 10.2 Å². The lowest BCUT2D eigenvalue weighted by Gasteiger charge is -2.31. The molecular weight excluding hydrogens is 414 g/mol. The first kappa shape index (κ1) is 24.4. The number of carbonyl (C=O) groups excluding carboxylic acids is 2.